The molecule has 0 spiro atoms. The number of carbonyl (C=O) groups is 1. The molecule has 1 aromatic carbocycles. The van der Waals surface area contributed by atoms with Crippen LogP contribution in [0.2, 0.25) is 0 Å². The van der Waals surface area contributed by atoms with E-state index in [0.29, 0.717) is 37.1 Å². The Hall–Kier alpha value is -1.99. The largest absolute Gasteiger partial charge is 0.490 e. The maximum Gasteiger partial charge on any atom is 0.340 e. The summed E-state index contributed by atoms with van der Waals surface area (Å²) in [5.41, 5.74) is 0.190. The summed E-state index contributed by atoms with van der Waals surface area (Å²) in [7, 11) is 0. The molecule has 0 aliphatic heterocycles. The van der Waals surface area contributed by atoms with Crippen LogP contribution in [-0.4, -0.2) is 48.9 Å². The molecule has 40 heavy (non-hydrogen) atoms. The minimum Gasteiger partial charge on any atom is -0.490 e. The molecule has 1 unspecified atom stereocenters. The van der Waals surface area contributed by atoms with Gasteiger partial charge in [0.2, 0.25) is 12.0 Å². The van der Waals surface area contributed by atoms with E-state index >= 15 is 0 Å². The van der Waals surface area contributed by atoms with Crippen molar-refractivity contribution in [1.29, 1.82) is 0 Å². The summed E-state index contributed by atoms with van der Waals surface area (Å²) >= 11 is 0. The number of hydrogen-bond donors (Lipinski definition) is 2. The van der Waals surface area contributed by atoms with Crippen molar-refractivity contribution >= 4 is 5.97 Å². The molecule has 1 atom stereocenters. The number of aliphatic hydroxyl groups excluding tert-OH is 2. The monoisotopic (exact) mass is 566 g/mol. The first kappa shape index (κ1) is 36.0. The van der Waals surface area contributed by atoms with E-state index in [9.17, 15) is 9.90 Å². The fraction of sp³-hybridized carbons (Fsp3) is 0.788. The van der Waals surface area contributed by atoms with Crippen LogP contribution in [-0.2, 0) is 4.74 Å². The van der Waals surface area contributed by atoms with Crippen molar-refractivity contribution in [3.63, 3.8) is 0 Å². The molecule has 7 heteroatoms. The minimum absolute atomic E-state index is 0.190. The van der Waals surface area contributed by atoms with Gasteiger partial charge >= 0.3 is 5.97 Å². The zero-order chi connectivity index (χ0) is 29.3. The third kappa shape index (κ3) is 17.0. The highest BCUT2D eigenvalue weighted by molar-refractivity contribution is 5.91. The highest BCUT2D eigenvalue weighted by atomic mass is 16.6. The SMILES string of the molecule is CCCCCCCCOc1cc(C(=O)OC(O)CO)cc(OCCCCCCCC)c1OCCCCCCCC. The average Bonchev–Trinajstić information content (AvgIpc) is 2.96. The summed E-state index contributed by atoms with van der Waals surface area (Å²) in [5, 5.41) is 18.8. The van der Waals surface area contributed by atoms with E-state index in [0.717, 1.165) is 38.5 Å². The van der Waals surface area contributed by atoms with Crippen molar-refractivity contribution < 1.29 is 34.0 Å². The van der Waals surface area contributed by atoms with Crippen LogP contribution in [0.4, 0.5) is 0 Å². The molecule has 0 aliphatic carbocycles. The lowest BCUT2D eigenvalue weighted by atomic mass is 10.1. The lowest BCUT2D eigenvalue weighted by molar-refractivity contribution is -0.0904. The number of rotatable bonds is 27. The Morgan fingerprint density at radius 2 is 1.00 bits per heavy atom. The molecule has 1 rings (SSSR count). The van der Waals surface area contributed by atoms with Crippen LogP contribution in [0.1, 0.15) is 147 Å². The van der Waals surface area contributed by atoms with Gasteiger partial charge in [0.15, 0.2) is 11.5 Å². The van der Waals surface area contributed by atoms with Gasteiger partial charge in [-0.3, -0.25) is 0 Å². The number of unbranched alkanes of at least 4 members (excludes halogenated alkanes) is 15. The summed E-state index contributed by atoms with van der Waals surface area (Å²) < 4.78 is 23.5. The molecule has 0 aromatic heterocycles. The number of esters is 1. The molecule has 0 heterocycles. The molecular formula is C33H58O7. The molecule has 0 saturated heterocycles. The molecule has 2 N–H and O–H groups in total. The van der Waals surface area contributed by atoms with Crippen LogP contribution in [0.5, 0.6) is 17.2 Å². The molecular weight excluding hydrogens is 508 g/mol. The summed E-state index contributed by atoms with van der Waals surface area (Å²) in [6, 6.07) is 3.19. The summed E-state index contributed by atoms with van der Waals surface area (Å²) in [5.74, 6) is 0.665. The molecule has 232 valence electrons. The fourth-order valence-electron chi connectivity index (χ4n) is 4.47. The summed E-state index contributed by atoms with van der Waals surface area (Å²) in [6.07, 6.45) is 19.1. The van der Waals surface area contributed by atoms with E-state index in [-0.39, 0.29) is 5.56 Å². The third-order valence-corrected chi connectivity index (χ3v) is 6.91. The van der Waals surface area contributed by atoms with Gasteiger partial charge in [0.1, 0.15) is 6.61 Å². The van der Waals surface area contributed by atoms with Gasteiger partial charge < -0.3 is 29.2 Å². The van der Waals surface area contributed by atoms with Crippen molar-refractivity contribution in [3.8, 4) is 17.2 Å². The van der Waals surface area contributed by atoms with Crippen LogP contribution >= 0.6 is 0 Å². The number of carbonyl (C=O) groups excluding carboxylic acids is 1. The van der Waals surface area contributed by atoms with E-state index in [1.807, 2.05) is 0 Å². The Bertz CT molecular complexity index is 713. The number of benzene rings is 1. The quantitative estimate of drug-likeness (QED) is 0.0627. The van der Waals surface area contributed by atoms with Crippen LogP contribution in [0.15, 0.2) is 12.1 Å². The Morgan fingerprint density at radius 3 is 1.40 bits per heavy atom. The van der Waals surface area contributed by atoms with Gasteiger partial charge in [-0.25, -0.2) is 4.79 Å². The van der Waals surface area contributed by atoms with Gasteiger partial charge in [-0.1, -0.05) is 117 Å². The second kappa shape index (κ2) is 24.8. The smallest absolute Gasteiger partial charge is 0.340 e. The standard InChI is InChI=1S/C33H58O7/c1-4-7-10-13-16-19-22-37-29-25-28(33(36)40-31(35)27-34)26-30(38-23-20-17-14-11-8-5-2)32(29)39-24-21-18-15-12-9-6-3/h25-26,31,34-35H,4-24,27H2,1-3H3. The second-order valence-electron chi connectivity index (χ2n) is 10.7. The highest BCUT2D eigenvalue weighted by Gasteiger charge is 2.21. The molecule has 0 radical (unpaired) electrons. The van der Waals surface area contributed by atoms with Gasteiger partial charge in [0.05, 0.1) is 25.4 Å². The zero-order valence-corrected chi connectivity index (χ0v) is 25.7. The molecule has 0 aliphatic rings. The van der Waals surface area contributed by atoms with Crippen LogP contribution in [0.3, 0.4) is 0 Å². The molecule has 1 aromatic rings. The maximum absolute atomic E-state index is 12.7. The number of aliphatic hydroxyl groups is 2. The topological polar surface area (TPSA) is 94.5 Å². The van der Waals surface area contributed by atoms with Gasteiger partial charge in [-0.05, 0) is 31.4 Å². The van der Waals surface area contributed by atoms with E-state index in [1.54, 1.807) is 12.1 Å². The first-order valence-electron chi connectivity index (χ1n) is 16.1. The Kier molecular flexibility index (Phi) is 22.3. The molecule has 7 nitrogen and oxygen atoms in total. The first-order chi connectivity index (χ1) is 19.6. The van der Waals surface area contributed by atoms with Crippen LogP contribution in [0, 0.1) is 0 Å². The van der Waals surface area contributed by atoms with E-state index in [1.165, 1.54) is 77.0 Å². The van der Waals surface area contributed by atoms with Gasteiger partial charge in [-0.2, -0.15) is 0 Å². The van der Waals surface area contributed by atoms with Crippen molar-refractivity contribution in [3.05, 3.63) is 17.7 Å². The van der Waals surface area contributed by atoms with E-state index in [2.05, 4.69) is 20.8 Å². The van der Waals surface area contributed by atoms with Gasteiger partial charge in [-0.15, -0.1) is 0 Å². The predicted molar refractivity (Wildman–Crippen MR) is 162 cm³/mol. The fourth-order valence-corrected chi connectivity index (χ4v) is 4.47. The molecule has 0 bridgehead atoms. The zero-order valence-electron chi connectivity index (χ0n) is 25.7. The Morgan fingerprint density at radius 1 is 0.625 bits per heavy atom. The Balaban J connectivity index is 2.99. The van der Waals surface area contributed by atoms with Crippen LogP contribution in [0.25, 0.3) is 0 Å². The molecule has 0 amide bonds. The minimum atomic E-state index is -1.59. The first-order valence-corrected chi connectivity index (χ1v) is 16.1. The van der Waals surface area contributed by atoms with Gasteiger partial charge in [0.25, 0.3) is 0 Å². The predicted octanol–water partition coefficient (Wildman–Crippen LogP) is 8.37. The lowest BCUT2D eigenvalue weighted by Gasteiger charge is -2.19. The van der Waals surface area contributed by atoms with Crippen molar-refractivity contribution in [2.24, 2.45) is 0 Å². The van der Waals surface area contributed by atoms with Crippen LogP contribution < -0.4 is 14.2 Å². The average molecular weight is 567 g/mol. The van der Waals surface area contributed by atoms with Crippen molar-refractivity contribution in [2.45, 2.75) is 143 Å². The highest BCUT2D eigenvalue weighted by Crippen LogP contribution is 2.40. The third-order valence-electron chi connectivity index (χ3n) is 6.91. The second-order valence-corrected chi connectivity index (χ2v) is 10.7. The molecule has 0 saturated carbocycles. The lowest BCUT2D eigenvalue weighted by Crippen LogP contribution is -2.21. The molecule has 0 fully saturated rings. The van der Waals surface area contributed by atoms with Gasteiger partial charge in [0, 0.05) is 0 Å². The van der Waals surface area contributed by atoms with E-state index in [4.69, 9.17) is 24.1 Å². The number of ether oxygens (including phenoxy) is 4. The summed E-state index contributed by atoms with van der Waals surface area (Å²) in [4.78, 5) is 12.7. The Labute approximate surface area is 243 Å². The number of hydrogen-bond acceptors (Lipinski definition) is 7. The summed E-state index contributed by atoms with van der Waals surface area (Å²) in [6.45, 7) is 7.52. The van der Waals surface area contributed by atoms with Crippen molar-refractivity contribution in [2.75, 3.05) is 26.4 Å². The maximum atomic E-state index is 12.7. The van der Waals surface area contributed by atoms with Crippen molar-refractivity contribution in [1.82, 2.24) is 0 Å². The van der Waals surface area contributed by atoms with E-state index < -0.39 is 18.9 Å². The normalized spacial score (nSPS) is 11.8.